The van der Waals surface area contributed by atoms with E-state index in [-0.39, 0.29) is 6.03 Å². The maximum absolute atomic E-state index is 11.2. The third-order valence-electron chi connectivity index (χ3n) is 1.81. The van der Waals surface area contributed by atoms with E-state index in [1.807, 2.05) is 6.92 Å². The van der Waals surface area contributed by atoms with Gasteiger partial charge in [0.15, 0.2) is 0 Å². The fourth-order valence-electron chi connectivity index (χ4n) is 0.803. The number of urea groups is 1. The summed E-state index contributed by atoms with van der Waals surface area (Å²) in [5.74, 6) is 0. The number of unbranched alkanes of at least 4 members (excludes halogenated alkanes) is 2. The molecule has 0 spiro atoms. The molecule has 0 rings (SSSR count). The summed E-state index contributed by atoms with van der Waals surface area (Å²) in [6, 6.07) is 2.02. The number of carbonyl (C=O) groups excluding carboxylic acids is 1. The second-order valence-electron chi connectivity index (χ2n) is 2.86. The number of nitrogens with one attached hydrogen (secondary N) is 1. The summed E-state index contributed by atoms with van der Waals surface area (Å²) in [7, 11) is 1.75. The Hall–Kier alpha value is -1.24. The molecule has 13 heavy (non-hydrogen) atoms. The van der Waals surface area contributed by atoms with Crippen molar-refractivity contribution in [3.63, 3.8) is 0 Å². The molecule has 0 aliphatic rings. The van der Waals surface area contributed by atoms with E-state index in [0.717, 1.165) is 12.8 Å². The summed E-state index contributed by atoms with van der Waals surface area (Å²) < 4.78 is 0. The first-order valence-electron chi connectivity index (χ1n) is 4.58. The van der Waals surface area contributed by atoms with Crippen LogP contribution in [0.4, 0.5) is 4.79 Å². The molecule has 0 aliphatic heterocycles. The van der Waals surface area contributed by atoms with Gasteiger partial charge < -0.3 is 10.2 Å². The Morgan fingerprint density at radius 2 is 2.23 bits per heavy atom. The lowest BCUT2D eigenvalue weighted by Gasteiger charge is -2.14. The highest BCUT2D eigenvalue weighted by atomic mass is 16.2. The van der Waals surface area contributed by atoms with Crippen LogP contribution in [0.15, 0.2) is 0 Å². The van der Waals surface area contributed by atoms with E-state index in [2.05, 4.69) is 11.4 Å². The minimum atomic E-state index is -0.0422. The van der Waals surface area contributed by atoms with Crippen molar-refractivity contribution >= 4 is 6.03 Å². The molecule has 0 aromatic heterocycles. The van der Waals surface area contributed by atoms with Gasteiger partial charge in [-0.15, -0.1) is 0 Å². The van der Waals surface area contributed by atoms with Crippen molar-refractivity contribution in [1.29, 1.82) is 5.26 Å². The van der Waals surface area contributed by atoms with Gasteiger partial charge in [0.1, 0.15) is 0 Å². The minimum absolute atomic E-state index is 0.0422. The van der Waals surface area contributed by atoms with Gasteiger partial charge in [-0.25, -0.2) is 4.79 Å². The average Bonchev–Trinajstić information content (AvgIpc) is 2.16. The van der Waals surface area contributed by atoms with Crippen LogP contribution in [0.25, 0.3) is 0 Å². The quantitative estimate of drug-likeness (QED) is 0.654. The maximum atomic E-state index is 11.2. The van der Waals surface area contributed by atoms with Gasteiger partial charge in [-0.3, -0.25) is 0 Å². The smallest absolute Gasteiger partial charge is 0.317 e. The van der Waals surface area contributed by atoms with Crippen molar-refractivity contribution in [2.24, 2.45) is 0 Å². The molecule has 0 fully saturated rings. The largest absolute Gasteiger partial charge is 0.338 e. The maximum Gasteiger partial charge on any atom is 0.317 e. The van der Waals surface area contributed by atoms with Crippen molar-refractivity contribution in [3.8, 4) is 6.07 Å². The summed E-state index contributed by atoms with van der Waals surface area (Å²) >= 11 is 0. The highest BCUT2D eigenvalue weighted by molar-refractivity contribution is 5.73. The lowest BCUT2D eigenvalue weighted by Crippen LogP contribution is -2.37. The van der Waals surface area contributed by atoms with Crippen LogP contribution in [-0.4, -0.2) is 31.1 Å². The Bertz CT molecular complexity index is 186. The standard InChI is InChI=1S/C9H17N3O/c1-3-12(2)9(13)11-8-6-4-5-7-10/h3-6,8H2,1-2H3,(H,11,13). The monoisotopic (exact) mass is 183 g/mol. The second-order valence-corrected chi connectivity index (χ2v) is 2.86. The van der Waals surface area contributed by atoms with Crippen molar-refractivity contribution in [1.82, 2.24) is 10.2 Å². The van der Waals surface area contributed by atoms with Gasteiger partial charge in [0, 0.05) is 26.6 Å². The molecule has 0 atom stereocenters. The van der Waals surface area contributed by atoms with Gasteiger partial charge in [0.25, 0.3) is 0 Å². The molecule has 0 aromatic rings. The summed E-state index contributed by atoms with van der Waals surface area (Å²) in [6.07, 6.45) is 2.29. The number of hydrogen-bond acceptors (Lipinski definition) is 2. The molecule has 0 aromatic carbocycles. The molecule has 74 valence electrons. The zero-order valence-corrected chi connectivity index (χ0v) is 8.34. The molecule has 4 nitrogen and oxygen atoms in total. The zero-order valence-electron chi connectivity index (χ0n) is 8.34. The average molecular weight is 183 g/mol. The van der Waals surface area contributed by atoms with E-state index in [9.17, 15) is 4.79 Å². The first kappa shape index (κ1) is 11.8. The zero-order chi connectivity index (χ0) is 10.1. The van der Waals surface area contributed by atoms with E-state index < -0.39 is 0 Å². The predicted molar refractivity (Wildman–Crippen MR) is 51.2 cm³/mol. The summed E-state index contributed by atoms with van der Waals surface area (Å²) in [5.41, 5.74) is 0. The summed E-state index contributed by atoms with van der Waals surface area (Å²) in [6.45, 7) is 3.30. The van der Waals surface area contributed by atoms with Gasteiger partial charge in [-0.1, -0.05) is 0 Å². The molecule has 0 unspecified atom stereocenters. The third-order valence-corrected chi connectivity index (χ3v) is 1.81. The molecule has 0 radical (unpaired) electrons. The number of nitrogens with zero attached hydrogens (tertiary/aromatic N) is 2. The Morgan fingerprint density at radius 1 is 1.54 bits per heavy atom. The van der Waals surface area contributed by atoms with Gasteiger partial charge in [-0.2, -0.15) is 5.26 Å². The number of rotatable bonds is 5. The molecular weight excluding hydrogens is 166 g/mol. The molecule has 1 N–H and O–H groups in total. The van der Waals surface area contributed by atoms with E-state index >= 15 is 0 Å². The summed E-state index contributed by atoms with van der Waals surface area (Å²) in [4.78, 5) is 12.8. The minimum Gasteiger partial charge on any atom is -0.338 e. The molecule has 0 bridgehead atoms. The Kier molecular flexibility index (Phi) is 6.70. The highest BCUT2D eigenvalue weighted by Crippen LogP contribution is 1.92. The van der Waals surface area contributed by atoms with Crippen LogP contribution in [-0.2, 0) is 0 Å². The second kappa shape index (κ2) is 7.41. The molecule has 0 aliphatic carbocycles. The number of hydrogen-bond donors (Lipinski definition) is 1. The lowest BCUT2D eigenvalue weighted by atomic mass is 10.2. The van der Waals surface area contributed by atoms with Gasteiger partial charge in [0.05, 0.1) is 6.07 Å². The Labute approximate surface area is 79.5 Å². The van der Waals surface area contributed by atoms with Gasteiger partial charge >= 0.3 is 6.03 Å². The van der Waals surface area contributed by atoms with Crippen molar-refractivity contribution < 1.29 is 4.79 Å². The molecule has 0 saturated heterocycles. The van der Waals surface area contributed by atoms with E-state index in [0.29, 0.717) is 19.5 Å². The Balaban J connectivity index is 3.33. The van der Waals surface area contributed by atoms with Crippen molar-refractivity contribution in [3.05, 3.63) is 0 Å². The third kappa shape index (κ3) is 5.97. The van der Waals surface area contributed by atoms with Crippen LogP contribution in [0.5, 0.6) is 0 Å². The van der Waals surface area contributed by atoms with Crippen LogP contribution in [0, 0.1) is 11.3 Å². The summed E-state index contributed by atoms with van der Waals surface area (Å²) in [5, 5.41) is 11.0. The van der Waals surface area contributed by atoms with E-state index in [1.54, 1.807) is 11.9 Å². The van der Waals surface area contributed by atoms with E-state index in [1.165, 1.54) is 0 Å². The van der Waals surface area contributed by atoms with Crippen LogP contribution in [0.1, 0.15) is 26.2 Å². The number of nitriles is 1. The van der Waals surface area contributed by atoms with Crippen molar-refractivity contribution in [2.45, 2.75) is 26.2 Å². The number of carbonyl (C=O) groups is 1. The molecular formula is C9H17N3O. The first-order valence-corrected chi connectivity index (χ1v) is 4.58. The van der Waals surface area contributed by atoms with Crippen molar-refractivity contribution in [2.75, 3.05) is 20.1 Å². The molecule has 4 heteroatoms. The first-order chi connectivity index (χ1) is 6.22. The normalized spacial score (nSPS) is 9.00. The van der Waals surface area contributed by atoms with Gasteiger partial charge in [0.2, 0.25) is 0 Å². The topological polar surface area (TPSA) is 56.1 Å². The van der Waals surface area contributed by atoms with Gasteiger partial charge in [-0.05, 0) is 19.8 Å². The molecule has 0 saturated carbocycles. The van der Waals surface area contributed by atoms with Crippen LogP contribution in [0.3, 0.4) is 0 Å². The molecule has 0 heterocycles. The molecule has 2 amide bonds. The van der Waals surface area contributed by atoms with Crippen LogP contribution >= 0.6 is 0 Å². The fraction of sp³-hybridized carbons (Fsp3) is 0.778. The highest BCUT2D eigenvalue weighted by Gasteiger charge is 2.03. The fourth-order valence-corrected chi connectivity index (χ4v) is 0.803. The Morgan fingerprint density at radius 3 is 2.77 bits per heavy atom. The SMILES string of the molecule is CCN(C)C(=O)NCCCCC#N. The lowest BCUT2D eigenvalue weighted by molar-refractivity contribution is 0.211. The van der Waals surface area contributed by atoms with E-state index in [4.69, 9.17) is 5.26 Å². The predicted octanol–water partition coefficient (Wildman–Crippen LogP) is 1.34. The van der Waals surface area contributed by atoms with Crippen LogP contribution in [0.2, 0.25) is 0 Å². The number of amides is 2. The van der Waals surface area contributed by atoms with Crippen LogP contribution < -0.4 is 5.32 Å².